The molecule has 0 spiro atoms. The zero-order valence-electron chi connectivity index (χ0n) is 11.6. The molecule has 2 aliphatic rings. The molecule has 3 atom stereocenters. The Hall–Kier alpha value is -1.84. The maximum Gasteiger partial charge on any atom is 0.261 e. The topological polar surface area (TPSA) is 44.1 Å². The summed E-state index contributed by atoms with van der Waals surface area (Å²) in [4.78, 5) is 17.2. The first-order chi connectivity index (χ1) is 9.78. The molecular weight excluding hydrogens is 252 g/mol. The molecule has 4 nitrogen and oxygen atoms in total. The van der Waals surface area contributed by atoms with Crippen molar-refractivity contribution in [3.63, 3.8) is 0 Å². The monoisotopic (exact) mass is 270 g/mol. The van der Waals surface area contributed by atoms with Crippen molar-refractivity contribution < 1.29 is 4.74 Å². The maximum atomic E-state index is 12.7. The Bertz CT molecular complexity index is 722. The molecule has 0 aliphatic heterocycles. The minimum absolute atomic E-state index is 0.0754. The van der Waals surface area contributed by atoms with E-state index in [0.29, 0.717) is 28.6 Å². The summed E-state index contributed by atoms with van der Waals surface area (Å²) in [6.45, 7) is 0. The average Bonchev–Trinajstić information content (AvgIpc) is 3.10. The predicted molar refractivity (Wildman–Crippen MR) is 77.0 cm³/mol. The van der Waals surface area contributed by atoms with Crippen LogP contribution in [0.1, 0.15) is 31.7 Å². The van der Waals surface area contributed by atoms with E-state index in [2.05, 4.69) is 4.98 Å². The zero-order chi connectivity index (χ0) is 13.7. The molecule has 104 valence electrons. The summed E-state index contributed by atoms with van der Waals surface area (Å²) in [7, 11) is 1.61. The van der Waals surface area contributed by atoms with Crippen LogP contribution in [0.15, 0.2) is 29.3 Å². The van der Waals surface area contributed by atoms with E-state index in [1.54, 1.807) is 13.4 Å². The Morgan fingerprint density at radius 1 is 1.30 bits per heavy atom. The van der Waals surface area contributed by atoms with Crippen molar-refractivity contribution in [1.29, 1.82) is 0 Å². The SMILES string of the molecule is COc1cccc2c(=O)n([C@@H]3C[C@@H]4CC[C@H]3C4)cnc12. The van der Waals surface area contributed by atoms with Gasteiger partial charge in [0.2, 0.25) is 0 Å². The third kappa shape index (κ3) is 1.60. The molecule has 0 amide bonds. The number of hydrogen-bond donors (Lipinski definition) is 0. The van der Waals surface area contributed by atoms with Crippen LogP contribution in [-0.2, 0) is 0 Å². The van der Waals surface area contributed by atoms with Crippen molar-refractivity contribution in [3.05, 3.63) is 34.9 Å². The molecule has 4 heteroatoms. The van der Waals surface area contributed by atoms with Gasteiger partial charge in [0.25, 0.3) is 5.56 Å². The van der Waals surface area contributed by atoms with Gasteiger partial charge in [0, 0.05) is 6.04 Å². The van der Waals surface area contributed by atoms with Gasteiger partial charge in [-0.25, -0.2) is 4.98 Å². The van der Waals surface area contributed by atoms with Crippen LogP contribution < -0.4 is 10.3 Å². The van der Waals surface area contributed by atoms with Gasteiger partial charge in [0.05, 0.1) is 18.8 Å². The predicted octanol–water partition coefficient (Wildman–Crippen LogP) is 2.77. The first-order valence-electron chi connectivity index (χ1n) is 7.32. The minimum Gasteiger partial charge on any atom is -0.494 e. The van der Waals surface area contributed by atoms with Crippen molar-refractivity contribution in [2.45, 2.75) is 31.7 Å². The van der Waals surface area contributed by atoms with E-state index in [1.165, 1.54) is 19.3 Å². The quantitative estimate of drug-likeness (QED) is 0.843. The van der Waals surface area contributed by atoms with Gasteiger partial charge < -0.3 is 4.74 Å². The molecule has 0 N–H and O–H groups in total. The molecule has 20 heavy (non-hydrogen) atoms. The first-order valence-corrected chi connectivity index (χ1v) is 7.32. The highest BCUT2D eigenvalue weighted by molar-refractivity contribution is 5.83. The number of rotatable bonds is 2. The molecule has 1 aromatic carbocycles. The van der Waals surface area contributed by atoms with Crippen molar-refractivity contribution >= 4 is 10.9 Å². The lowest BCUT2D eigenvalue weighted by atomic mass is 9.95. The molecule has 1 aromatic heterocycles. The van der Waals surface area contributed by atoms with E-state index in [4.69, 9.17) is 4.74 Å². The summed E-state index contributed by atoms with van der Waals surface area (Å²) < 4.78 is 7.15. The summed E-state index contributed by atoms with van der Waals surface area (Å²) in [6.07, 6.45) is 6.75. The lowest BCUT2D eigenvalue weighted by molar-refractivity contribution is 0.321. The van der Waals surface area contributed by atoms with Gasteiger partial charge in [-0.2, -0.15) is 0 Å². The highest BCUT2D eigenvalue weighted by Gasteiger charge is 2.40. The van der Waals surface area contributed by atoms with Crippen LogP contribution in [0.4, 0.5) is 0 Å². The molecule has 2 bridgehead atoms. The molecule has 2 aliphatic carbocycles. The Morgan fingerprint density at radius 2 is 2.20 bits per heavy atom. The molecule has 0 radical (unpaired) electrons. The lowest BCUT2D eigenvalue weighted by Gasteiger charge is -2.23. The van der Waals surface area contributed by atoms with E-state index in [0.717, 1.165) is 12.3 Å². The van der Waals surface area contributed by atoms with Crippen LogP contribution in [0.25, 0.3) is 10.9 Å². The van der Waals surface area contributed by atoms with Gasteiger partial charge in [0.1, 0.15) is 11.3 Å². The molecule has 4 rings (SSSR count). The summed E-state index contributed by atoms with van der Waals surface area (Å²) in [5, 5.41) is 0.662. The number of ether oxygens (including phenoxy) is 1. The highest BCUT2D eigenvalue weighted by atomic mass is 16.5. The number of methoxy groups -OCH3 is 1. The second-order valence-corrected chi connectivity index (χ2v) is 6.06. The fourth-order valence-corrected chi connectivity index (χ4v) is 4.09. The second kappa shape index (κ2) is 4.33. The van der Waals surface area contributed by atoms with Crippen LogP contribution >= 0.6 is 0 Å². The summed E-state index contributed by atoms with van der Waals surface area (Å²) in [5.74, 6) is 2.15. The second-order valence-electron chi connectivity index (χ2n) is 6.06. The van der Waals surface area contributed by atoms with Crippen LogP contribution in [-0.4, -0.2) is 16.7 Å². The van der Waals surface area contributed by atoms with E-state index < -0.39 is 0 Å². The molecule has 2 aromatic rings. The van der Waals surface area contributed by atoms with Gasteiger partial charge in [0.15, 0.2) is 0 Å². The Kier molecular flexibility index (Phi) is 2.59. The van der Waals surface area contributed by atoms with E-state index in [1.807, 2.05) is 22.8 Å². The Labute approximate surface area is 117 Å². The third-order valence-electron chi connectivity index (χ3n) is 5.05. The normalized spacial score (nSPS) is 28.1. The van der Waals surface area contributed by atoms with E-state index in [9.17, 15) is 4.79 Å². The number of nitrogens with zero attached hydrogens (tertiary/aromatic N) is 2. The van der Waals surface area contributed by atoms with Crippen LogP contribution in [0.3, 0.4) is 0 Å². The lowest BCUT2D eigenvalue weighted by Crippen LogP contribution is -2.28. The third-order valence-corrected chi connectivity index (χ3v) is 5.05. The van der Waals surface area contributed by atoms with Gasteiger partial charge in [-0.15, -0.1) is 0 Å². The maximum absolute atomic E-state index is 12.7. The van der Waals surface area contributed by atoms with Crippen molar-refractivity contribution in [3.8, 4) is 5.75 Å². The van der Waals surface area contributed by atoms with Crippen molar-refractivity contribution in [1.82, 2.24) is 9.55 Å². The molecule has 2 saturated carbocycles. The van der Waals surface area contributed by atoms with Crippen molar-refractivity contribution in [2.24, 2.45) is 11.8 Å². The van der Waals surface area contributed by atoms with Crippen LogP contribution in [0.2, 0.25) is 0 Å². The summed E-state index contributed by atoms with van der Waals surface area (Å²) in [6, 6.07) is 5.90. The van der Waals surface area contributed by atoms with Gasteiger partial charge in [-0.05, 0) is 43.2 Å². The Morgan fingerprint density at radius 3 is 2.90 bits per heavy atom. The van der Waals surface area contributed by atoms with Gasteiger partial charge in [-0.1, -0.05) is 12.5 Å². The van der Waals surface area contributed by atoms with E-state index >= 15 is 0 Å². The van der Waals surface area contributed by atoms with Crippen molar-refractivity contribution in [2.75, 3.05) is 7.11 Å². The molecule has 2 fully saturated rings. The van der Waals surface area contributed by atoms with Gasteiger partial charge >= 0.3 is 0 Å². The summed E-state index contributed by atoms with van der Waals surface area (Å²) >= 11 is 0. The molecule has 1 heterocycles. The highest BCUT2D eigenvalue weighted by Crippen LogP contribution is 2.50. The van der Waals surface area contributed by atoms with E-state index in [-0.39, 0.29) is 5.56 Å². The number of para-hydroxylation sites is 1. The number of benzene rings is 1. The fraction of sp³-hybridized carbons (Fsp3) is 0.500. The molecule has 0 unspecified atom stereocenters. The minimum atomic E-state index is 0.0754. The number of aromatic nitrogens is 2. The standard InChI is InChI=1S/C16H18N2O2/c1-20-14-4-2-3-12-15(14)17-9-18(16(12)19)13-8-10-5-6-11(13)7-10/h2-4,9-11,13H,5-8H2,1H3/t10-,11+,13-/m1/s1. The zero-order valence-corrected chi connectivity index (χ0v) is 11.6. The fourth-order valence-electron chi connectivity index (χ4n) is 4.09. The summed E-state index contributed by atoms with van der Waals surface area (Å²) in [5.41, 5.74) is 0.742. The average molecular weight is 270 g/mol. The number of hydrogen-bond acceptors (Lipinski definition) is 3. The molecule has 0 saturated heterocycles. The van der Waals surface area contributed by atoms with Crippen LogP contribution in [0, 0.1) is 11.8 Å². The molecular formula is C16H18N2O2. The largest absolute Gasteiger partial charge is 0.494 e. The number of fused-ring (bicyclic) bond motifs is 3. The van der Waals surface area contributed by atoms with Crippen LogP contribution in [0.5, 0.6) is 5.75 Å². The first kappa shape index (κ1) is 11.9. The smallest absolute Gasteiger partial charge is 0.261 e. The Balaban J connectivity index is 1.86. The van der Waals surface area contributed by atoms with Gasteiger partial charge in [-0.3, -0.25) is 9.36 Å².